The van der Waals surface area contributed by atoms with E-state index in [-0.39, 0.29) is 17.8 Å². The quantitative estimate of drug-likeness (QED) is 0.337. The number of fused-ring (bicyclic) bond motifs is 6. The number of hydrogen-bond acceptors (Lipinski definition) is 6. The number of nitrogens with zero attached hydrogens (tertiary/aromatic N) is 4. The van der Waals surface area contributed by atoms with Crippen molar-refractivity contribution in [2.75, 3.05) is 31.2 Å². The molecule has 0 aliphatic carbocycles. The molecule has 40 heavy (non-hydrogen) atoms. The molecule has 9 heteroatoms. The highest BCUT2D eigenvalue weighted by molar-refractivity contribution is 5.78. The number of carboxylic acid groups (broad SMARTS) is 1. The van der Waals surface area contributed by atoms with Crippen LogP contribution in [0.4, 0.5) is 10.2 Å². The lowest BCUT2D eigenvalue weighted by Crippen LogP contribution is -2.45. The van der Waals surface area contributed by atoms with Gasteiger partial charge in [0.05, 0.1) is 24.3 Å². The standard InChI is InChI=1S/C31H31FN4O4/c1-20-24(18-29(37)38)30-35-12-10-31(2,11-13-35)40-15-4-3-14-39-27-9-8-23(32)17-25(27)21-6-5-7-22(16-21)26-19-28(33-20)36(30)34-26/h3-9,16-17,19H,10-15,18H2,1-2H3,(H,37,38)/b4-3+. The van der Waals surface area contributed by atoms with E-state index in [0.29, 0.717) is 60.2 Å². The zero-order valence-corrected chi connectivity index (χ0v) is 22.6. The van der Waals surface area contributed by atoms with E-state index >= 15 is 0 Å². The summed E-state index contributed by atoms with van der Waals surface area (Å²) in [6.07, 6.45) is 5.27. The summed E-state index contributed by atoms with van der Waals surface area (Å²) in [6.45, 7) is 6.14. The molecule has 2 aromatic heterocycles. The Balaban J connectivity index is 1.53. The predicted octanol–water partition coefficient (Wildman–Crippen LogP) is 5.46. The molecular formula is C31H31FN4O4. The maximum absolute atomic E-state index is 14.3. The van der Waals surface area contributed by atoms with Crippen LogP contribution >= 0.6 is 0 Å². The molecule has 2 aromatic carbocycles. The fourth-order valence-electron chi connectivity index (χ4n) is 5.52. The lowest BCUT2D eigenvalue weighted by atomic mass is 9.93. The van der Waals surface area contributed by atoms with Crippen molar-refractivity contribution >= 4 is 17.4 Å². The Morgan fingerprint density at radius 3 is 2.65 bits per heavy atom. The number of ether oxygens (including phenoxy) is 2. The topological polar surface area (TPSA) is 89.2 Å². The van der Waals surface area contributed by atoms with E-state index in [4.69, 9.17) is 19.6 Å². The molecule has 1 N–H and O–H groups in total. The Morgan fingerprint density at radius 1 is 1.07 bits per heavy atom. The molecule has 0 radical (unpaired) electrons. The number of aromatic nitrogens is 3. The van der Waals surface area contributed by atoms with Gasteiger partial charge in [-0.05, 0) is 62.6 Å². The van der Waals surface area contributed by atoms with Crippen LogP contribution in [0.3, 0.4) is 0 Å². The lowest BCUT2D eigenvalue weighted by molar-refractivity contribution is -0.136. The molecule has 0 spiro atoms. The fraction of sp³-hybridized carbons (Fsp3) is 0.323. The molecule has 0 amide bonds. The summed E-state index contributed by atoms with van der Waals surface area (Å²) in [5.74, 6) is 0.0679. The van der Waals surface area contributed by atoms with Gasteiger partial charge >= 0.3 is 5.97 Å². The highest BCUT2D eigenvalue weighted by atomic mass is 19.1. The molecule has 7 rings (SSSR count). The zero-order chi connectivity index (χ0) is 27.9. The number of benzene rings is 2. The molecule has 6 bridgehead atoms. The van der Waals surface area contributed by atoms with Gasteiger partial charge in [0.1, 0.15) is 24.0 Å². The Hall–Kier alpha value is -4.24. The highest BCUT2D eigenvalue weighted by Crippen LogP contribution is 2.36. The van der Waals surface area contributed by atoms with Crippen molar-refractivity contribution in [1.82, 2.24) is 14.6 Å². The van der Waals surface area contributed by atoms with Gasteiger partial charge < -0.3 is 19.5 Å². The van der Waals surface area contributed by atoms with Gasteiger partial charge in [-0.15, -0.1) is 0 Å². The van der Waals surface area contributed by atoms with Crippen molar-refractivity contribution in [3.63, 3.8) is 0 Å². The summed E-state index contributed by atoms with van der Waals surface area (Å²) in [6, 6.07) is 14.1. The average molecular weight is 543 g/mol. The molecule has 3 aliphatic heterocycles. The number of hydrogen-bond donors (Lipinski definition) is 1. The van der Waals surface area contributed by atoms with Gasteiger partial charge in [0.2, 0.25) is 0 Å². The van der Waals surface area contributed by atoms with E-state index in [1.165, 1.54) is 12.1 Å². The summed E-state index contributed by atoms with van der Waals surface area (Å²) >= 11 is 0. The molecule has 3 aliphatic rings. The maximum atomic E-state index is 14.3. The molecule has 1 saturated heterocycles. The lowest BCUT2D eigenvalue weighted by Gasteiger charge is -2.40. The summed E-state index contributed by atoms with van der Waals surface area (Å²) in [5.41, 5.74) is 4.61. The second-order valence-electron chi connectivity index (χ2n) is 10.6. The number of aliphatic carboxylic acids is 1. The number of anilines is 1. The SMILES string of the molecule is Cc1nc2cc3nn2c(c1CC(=O)O)N1CCC(C)(CC1)OC/C=C/COc1ccc(F)cc1-c1cccc-3c1. The van der Waals surface area contributed by atoms with E-state index in [1.807, 2.05) is 49.4 Å². The van der Waals surface area contributed by atoms with E-state index in [2.05, 4.69) is 11.8 Å². The Labute approximate surface area is 231 Å². The Kier molecular flexibility index (Phi) is 6.75. The number of rotatable bonds is 2. The Bertz CT molecular complexity index is 1620. The second kappa shape index (κ2) is 10.4. The largest absolute Gasteiger partial charge is 0.489 e. The van der Waals surface area contributed by atoms with Gasteiger partial charge in [-0.1, -0.05) is 24.3 Å². The minimum absolute atomic E-state index is 0.147. The van der Waals surface area contributed by atoms with Gasteiger partial charge in [-0.3, -0.25) is 4.79 Å². The summed E-state index contributed by atoms with van der Waals surface area (Å²) < 4.78 is 28.4. The van der Waals surface area contributed by atoms with Crippen molar-refractivity contribution in [2.45, 2.75) is 38.7 Å². The normalized spacial score (nSPS) is 17.5. The first-order valence-corrected chi connectivity index (χ1v) is 13.5. The first-order valence-electron chi connectivity index (χ1n) is 13.5. The summed E-state index contributed by atoms with van der Waals surface area (Å²) in [5, 5.41) is 14.7. The van der Waals surface area contributed by atoms with Gasteiger partial charge in [0.15, 0.2) is 5.65 Å². The monoisotopic (exact) mass is 542 g/mol. The molecule has 0 atom stereocenters. The fourth-order valence-corrected chi connectivity index (χ4v) is 5.52. The van der Waals surface area contributed by atoms with Gasteiger partial charge in [0, 0.05) is 41.5 Å². The third kappa shape index (κ3) is 5.04. The van der Waals surface area contributed by atoms with Crippen molar-refractivity contribution in [3.05, 3.63) is 77.8 Å². The molecular weight excluding hydrogens is 511 g/mol. The zero-order valence-electron chi connectivity index (χ0n) is 22.6. The van der Waals surface area contributed by atoms with Gasteiger partial charge in [0.25, 0.3) is 0 Å². The first kappa shape index (κ1) is 26.0. The molecule has 5 heterocycles. The molecule has 4 aromatic rings. The van der Waals surface area contributed by atoms with Crippen LogP contribution in [0.1, 0.15) is 31.0 Å². The number of carbonyl (C=O) groups is 1. The van der Waals surface area contributed by atoms with Crippen molar-refractivity contribution in [2.24, 2.45) is 0 Å². The molecule has 8 nitrogen and oxygen atoms in total. The molecule has 0 unspecified atom stereocenters. The second-order valence-corrected chi connectivity index (χ2v) is 10.6. The van der Waals surface area contributed by atoms with Crippen molar-refractivity contribution in [1.29, 1.82) is 0 Å². The van der Waals surface area contributed by atoms with Crippen LogP contribution in [0, 0.1) is 12.7 Å². The van der Waals surface area contributed by atoms with Gasteiger partial charge in [-0.25, -0.2) is 9.37 Å². The smallest absolute Gasteiger partial charge is 0.308 e. The summed E-state index contributed by atoms with van der Waals surface area (Å²) in [7, 11) is 0. The summed E-state index contributed by atoms with van der Waals surface area (Å²) in [4.78, 5) is 18.8. The number of aryl methyl sites for hydroxylation is 1. The predicted molar refractivity (Wildman–Crippen MR) is 150 cm³/mol. The van der Waals surface area contributed by atoms with Crippen LogP contribution in [0.25, 0.3) is 28.0 Å². The number of piperidine rings is 1. The van der Waals surface area contributed by atoms with Crippen LogP contribution in [0.15, 0.2) is 60.7 Å². The van der Waals surface area contributed by atoms with E-state index in [1.54, 1.807) is 10.6 Å². The van der Waals surface area contributed by atoms with Crippen LogP contribution < -0.4 is 9.64 Å². The first-order chi connectivity index (χ1) is 19.3. The number of halogens is 1. The minimum Gasteiger partial charge on any atom is -0.489 e. The third-order valence-corrected chi connectivity index (χ3v) is 7.77. The van der Waals surface area contributed by atoms with E-state index in [9.17, 15) is 14.3 Å². The maximum Gasteiger partial charge on any atom is 0.308 e. The molecule has 0 saturated carbocycles. The van der Waals surface area contributed by atoms with E-state index in [0.717, 1.165) is 29.8 Å². The van der Waals surface area contributed by atoms with Crippen molar-refractivity contribution < 1.29 is 23.8 Å². The van der Waals surface area contributed by atoms with Crippen LogP contribution in [-0.2, 0) is 16.0 Å². The van der Waals surface area contributed by atoms with Crippen LogP contribution in [0.5, 0.6) is 5.75 Å². The van der Waals surface area contributed by atoms with Crippen LogP contribution in [0.2, 0.25) is 0 Å². The van der Waals surface area contributed by atoms with Crippen LogP contribution in [-0.4, -0.2) is 57.6 Å². The third-order valence-electron chi connectivity index (χ3n) is 7.77. The molecule has 1 fully saturated rings. The highest BCUT2D eigenvalue weighted by Gasteiger charge is 2.33. The minimum atomic E-state index is -0.916. The number of carboxylic acids is 1. The average Bonchev–Trinajstić information content (AvgIpc) is 3.35. The molecule has 206 valence electrons. The van der Waals surface area contributed by atoms with E-state index < -0.39 is 5.97 Å². The Morgan fingerprint density at radius 2 is 1.85 bits per heavy atom. The van der Waals surface area contributed by atoms with Gasteiger partial charge in [-0.2, -0.15) is 9.61 Å². The van der Waals surface area contributed by atoms with Crippen molar-refractivity contribution in [3.8, 4) is 28.1 Å².